The number of nitrogens with zero attached hydrogens (tertiary/aromatic N) is 1. The van der Waals surface area contributed by atoms with Crippen LogP contribution in [0.4, 0.5) is 0 Å². The molecule has 1 heterocycles. The quantitative estimate of drug-likeness (QED) is 0.702. The van der Waals surface area contributed by atoms with Crippen LogP contribution in [0.2, 0.25) is 0 Å². The van der Waals surface area contributed by atoms with Crippen molar-refractivity contribution < 1.29 is 4.79 Å². The van der Waals surface area contributed by atoms with Crippen LogP contribution in [0.5, 0.6) is 0 Å². The Hall–Kier alpha value is -0.570. The first-order chi connectivity index (χ1) is 6.25. The van der Waals surface area contributed by atoms with Gasteiger partial charge in [0.05, 0.1) is 5.92 Å². The molecule has 1 aliphatic heterocycles. The Kier molecular flexibility index (Phi) is 4.22. The fraction of sp³-hybridized carbons (Fsp3) is 0.900. The summed E-state index contributed by atoms with van der Waals surface area (Å²) >= 11 is 0. The molecule has 0 saturated carbocycles. The second kappa shape index (κ2) is 5.22. The maximum atomic E-state index is 11.7. The number of hydrogen-bond acceptors (Lipinski definition) is 2. The first-order valence-corrected chi connectivity index (χ1v) is 5.21. The van der Waals surface area contributed by atoms with Crippen LogP contribution in [0.1, 0.15) is 26.2 Å². The molecule has 3 heteroatoms. The number of amides is 1. The molecule has 13 heavy (non-hydrogen) atoms. The van der Waals surface area contributed by atoms with Crippen LogP contribution in [0.25, 0.3) is 0 Å². The number of unbranched alkanes of at least 4 members (excludes halogenated alkanes) is 1. The van der Waals surface area contributed by atoms with E-state index in [4.69, 9.17) is 0 Å². The van der Waals surface area contributed by atoms with Crippen LogP contribution in [0.15, 0.2) is 0 Å². The molecule has 1 aliphatic rings. The van der Waals surface area contributed by atoms with Crippen LogP contribution in [-0.4, -0.2) is 37.5 Å². The van der Waals surface area contributed by atoms with Crippen molar-refractivity contribution in [2.24, 2.45) is 5.92 Å². The molecule has 1 rings (SSSR count). The molecule has 1 amide bonds. The highest BCUT2D eigenvalue weighted by atomic mass is 16.2. The summed E-state index contributed by atoms with van der Waals surface area (Å²) in [5, 5.41) is 3.22. The molecule has 0 radical (unpaired) electrons. The summed E-state index contributed by atoms with van der Waals surface area (Å²) in [6, 6.07) is 0. The molecule has 0 aromatic carbocycles. The number of hydrogen-bond donors (Lipinski definition) is 1. The summed E-state index contributed by atoms with van der Waals surface area (Å²) in [7, 11) is 1.91. The van der Waals surface area contributed by atoms with Crippen LogP contribution in [-0.2, 0) is 4.79 Å². The van der Waals surface area contributed by atoms with Crippen LogP contribution >= 0.6 is 0 Å². The predicted octanol–water partition coefficient (Wildman–Crippen LogP) is 0.854. The van der Waals surface area contributed by atoms with E-state index < -0.39 is 0 Å². The minimum absolute atomic E-state index is 0.238. The van der Waals surface area contributed by atoms with Crippen molar-refractivity contribution in [3.63, 3.8) is 0 Å². The Bertz CT molecular complexity index is 164. The standard InChI is InChI=1S/C10H20N2O/c1-3-4-7-12(2)10(13)9-5-6-11-8-9/h9,11H,3-8H2,1-2H3/t9-/m1/s1. The van der Waals surface area contributed by atoms with Crippen LogP contribution in [0.3, 0.4) is 0 Å². The zero-order chi connectivity index (χ0) is 9.68. The van der Waals surface area contributed by atoms with Gasteiger partial charge in [0.25, 0.3) is 0 Å². The topological polar surface area (TPSA) is 32.3 Å². The summed E-state index contributed by atoms with van der Waals surface area (Å²) in [5.41, 5.74) is 0. The van der Waals surface area contributed by atoms with Crippen molar-refractivity contribution in [2.45, 2.75) is 26.2 Å². The lowest BCUT2D eigenvalue weighted by molar-refractivity contribution is -0.133. The molecular weight excluding hydrogens is 164 g/mol. The van der Waals surface area contributed by atoms with Crippen molar-refractivity contribution in [3.05, 3.63) is 0 Å². The zero-order valence-electron chi connectivity index (χ0n) is 8.68. The first-order valence-electron chi connectivity index (χ1n) is 5.21. The number of carbonyl (C=O) groups is 1. The van der Waals surface area contributed by atoms with Crippen LogP contribution < -0.4 is 5.32 Å². The van der Waals surface area contributed by atoms with Gasteiger partial charge in [-0.2, -0.15) is 0 Å². The molecule has 1 N–H and O–H groups in total. The lowest BCUT2D eigenvalue weighted by atomic mass is 10.1. The van der Waals surface area contributed by atoms with E-state index in [0.717, 1.165) is 38.9 Å². The van der Waals surface area contributed by atoms with Gasteiger partial charge in [-0.1, -0.05) is 13.3 Å². The molecule has 76 valence electrons. The summed E-state index contributed by atoms with van der Waals surface area (Å²) < 4.78 is 0. The van der Waals surface area contributed by atoms with E-state index in [0.29, 0.717) is 5.91 Å². The minimum Gasteiger partial charge on any atom is -0.345 e. The number of rotatable bonds is 4. The molecule has 0 aromatic heterocycles. The average molecular weight is 184 g/mol. The van der Waals surface area contributed by atoms with Crippen molar-refractivity contribution in [3.8, 4) is 0 Å². The van der Waals surface area contributed by atoms with Crippen molar-refractivity contribution in [1.29, 1.82) is 0 Å². The van der Waals surface area contributed by atoms with E-state index in [1.165, 1.54) is 0 Å². The first kappa shape index (κ1) is 10.5. The highest BCUT2D eigenvalue weighted by Crippen LogP contribution is 2.10. The largest absolute Gasteiger partial charge is 0.345 e. The van der Waals surface area contributed by atoms with E-state index in [2.05, 4.69) is 12.2 Å². The highest BCUT2D eigenvalue weighted by Gasteiger charge is 2.24. The molecule has 3 nitrogen and oxygen atoms in total. The maximum Gasteiger partial charge on any atom is 0.226 e. The lowest BCUT2D eigenvalue weighted by Gasteiger charge is -2.20. The van der Waals surface area contributed by atoms with Gasteiger partial charge in [0.1, 0.15) is 0 Å². The van der Waals surface area contributed by atoms with Gasteiger partial charge < -0.3 is 10.2 Å². The minimum atomic E-state index is 0.238. The van der Waals surface area contributed by atoms with Gasteiger partial charge in [-0.25, -0.2) is 0 Å². The molecule has 0 unspecified atom stereocenters. The van der Waals surface area contributed by atoms with Gasteiger partial charge in [-0.05, 0) is 19.4 Å². The van der Waals surface area contributed by atoms with Crippen molar-refractivity contribution in [2.75, 3.05) is 26.7 Å². The van der Waals surface area contributed by atoms with Gasteiger partial charge in [0.15, 0.2) is 0 Å². The molecule has 0 aliphatic carbocycles. The Balaban J connectivity index is 2.28. The van der Waals surface area contributed by atoms with Crippen LogP contribution in [0, 0.1) is 5.92 Å². The van der Waals surface area contributed by atoms with E-state index in [9.17, 15) is 4.79 Å². The summed E-state index contributed by atoms with van der Waals surface area (Å²) in [5.74, 6) is 0.556. The SMILES string of the molecule is CCCCN(C)C(=O)[C@@H]1CCNC1. The van der Waals surface area contributed by atoms with Gasteiger partial charge in [-0.3, -0.25) is 4.79 Å². The third-order valence-corrected chi connectivity index (χ3v) is 2.63. The smallest absolute Gasteiger partial charge is 0.226 e. The molecule has 0 aromatic rings. The van der Waals surface area contributed by atoms with E-state index in [1.54, 1.807) is 0 Å². The van der Waals surface area contributed by atoms with E-state index in [-0.39, 0.29) is 5.92 Å². The van der Waals surface area contributed by atoms with Gasteiger partial charge in [0.2, 0.25) is 5.91 Å². The Morgan fingerprint density at radius 1 is 1.62 bits per heavy atom. The summed E-state index contributed by atoms with van der Waals surface area (Å²) in [6.07, 6.45) is 3.28. The summed E-state index contributed by atoms with van der Waals surface area (Å²) in [4.78, 5) is 13.6. The number of nitrogens with one attached hydrogen (secondary N) is 1. The van der Waals surface area contributed by atoms with E-state index in [1.807, 2.05) is 11.9 Å². The second-order valence-corrected chi connectivity index (χ2v) is 3.80. The fourth-order valence-electron chi connectivity index (χ4n) is 1.68. The highest BCUT2D eigenvalue weighted by molar-refractivity contribution is 5.79. The molecule has 0 bridgehead atoms. The lowest BCUT2D eigenvalue weighted by Crippen LogP contribution is -2.34. The van der Waals surface area contributed by atoms with E-state index >= 15 is 0 Å². The average Bonchev–Trinajstić information content (AvgIpc) is 2.65. The van der Waals surface area contributed by atoms with Gasteiger partial charge in [-0.15, -0.1) is 0 Å². The third kappa shape index (κ3) is 2.99. The predicted molar refractivity (Wildman–Crippen MR) is 53.5 cm³/mol. The van der Waals surface area contributed by atoms with Gasteiger partial charge in [0, 0.05) is 20.1 Å². The fourth-order valence-corrected chi connectivity index (χ4v) is 1.68. The Morgan fingerprint density at radius 2 is 2.38 bits per heavy atom. The van der Waals surface area contributed by atoms with Crippen molar-refractivity contribution in [1.82, 2.24) is 10.2 Å². The zero-order valence-corrected chi connectivity index (χ0v) is 8.68. The van der Waals surface area contributed by atoms with Crippen molar-refractivity contribution >= 4 is 5.91 Å². The Morgan fingerprint density at radius 3 is 2.92 bits per heavy atom. The third-order valence-electron chi connectivity index (χ3n) is 2.63. The monoisotopic (exact) mass is 184 g/mol. The molecule has 1 fully saturated rings. The second-order valence-electron chi connectivity index (χ2n) is 3.80. The maximum absolute atomic E-state index is 11.7. The van der Waals surface area contributed by atoms with Gasteiger partial charge >= 0.3 is 0 Å². The molecule has 0 spiro atoms. The summed E-state index contributed by atoms with van der Waals surface area (Å²) in [6.45, 7) is 4.93. The molecule has 1 atom stereocenters. The molecular formula is C10H20N2O. The number of carbonyl (C=O) groups excluding carboxylic acids is 1. The Labute approximate surface area is 80.5 Å². The molecule has 1 saturated heterocycles. The normalized spacial score (nSPS) is 21.8.